The first kappa shape index (κ1) is 12.7. The number of phenolic OH excluding ortho intramolecular Hbond substituents is 1. The number of aromatic hydroxyl groups is 1. The molecule has 1 saturated carbocycles. The highest BCUT2D eigenvalue weighted by molar-refractivity contribution is 6.33. The zero-order valence-electron chi connectivity index (χ0n) is 9.99. The number of rotatable bonds is 4. The molecule has 6 heteroatoms. The van der Waals surface area contributed by atoms with Crippen molar-refractivity contribution in [2.75, 3.05) is 14.2 Å². The standard InChI is InChI=1S/C12H12ClNO4/c1-17-8-5-7(16)10(13)9(11(8)18-2)12(3-4-12)14-6-15/h5,16H,3-4H2,1-2H3. The molecule has 5 nitrogen and oxygen atoms in total. The Labute approximate surface area is 109 Å². The van der Waals surface area contributed by atoms with E-state index in [2.05, 4.69) is 4.99 Å². The van der Waals surface area contributed by atoms with Crippen LogP contribution in [0.1, 0.15) is 18.4 Å². The highest BCUT2D eigenvalue weighted by Gasteiger charge is 2.49. The Morgan fingerprint density at radius 1 is 1.44 bits per heavy atom. The van der Waals surface area contributed by atoms with Crippen molar-refractivity contribution in [2.45, 2.75) is 18.4 Å². The molecule has 0 saturated heterocycles. The van der Waals surface area contributed by atoms with E-state index in [1.165, 1.54) is 20.3 Å². The molecule has 0 aromatic heterocycles. The zero-order valence-corrected chi connectivity index (χ0v) is 10.7. The Kier molecular flexibility index (Phi) is 3.20. The average molecular weight is 270 g/mol. The second kappa shape index (κ2) is 4.52. The van der Waals surface area contributed by atoms with Gasteiger partial charge in [0.1, 0.15) is 11.3 Å². The molecular formula is C12H12ClNO4. The Balaban J connectivity index is 2.71. The summed E-state index contributed by atoms with van der Waals surface area (Å²) in [5.74, 6) is 0.607. The predicted molar refractivity (Wildman–Crippen MR) is 65.3 cm³/mol. The lowest BCUT2D eigenvalue weighted by Gasteiger charge is -2.18. The number of benzene rings is 1. The van der Waals surface area contributed by atoms with Crippen molar-refractivity contribution in [3.8, 4) is 17.2 Å². The SMILES string of the molecule is COc1cc(O)c(Cl)c(C2(N=C=O)CC2)c1OC. The van der Waals surface area contributed by atoms with Crippen LogP contribution in [0.4, 0.5) is 0 Å². The molecule has 1 aromatic rings. The maximum atomic E-state index is 10.5. The van der Waals surface area contributed by atoms with Crippen LogP contribution >= 0.6 is 11.6 Å². The Bertz CT molecular complexity index is 533. The minimum absolute atomic E-state index is 0.128. The van der Waals surface area contributed by atoms with Crippen LogP contribution < -0.4 is 9.47 Å². The van der Waals surface area contributed by atoms with Crippen molar-refractivity contribution in [1.29, 1.82) is 0 Å². The molecule has 1 aromatic carbocycles. The fraction of sp³-hybridized carbons (Fsp3) is 0.417. The molecule has 18 heavy (non-hydrogen) atoms. The number of nitrogens with zero attached hydrogens (tertiary/aromatic N) is 1. The van der Waals surface area contributed by atoms with Crippen LogP contribution in [0.3, 0.4) is 0 Å². The average Bonchev–Trinajstić information content (AvgIpc) is 3.12. The number of carbonyl (C=O) groups excluding carboxylic acids is 1. The number of hydrogen-bond acceptors (Lipinski definition) is 5. The van der Waals surface area contributed by atoms with Gasteiger partial charge in [0.05, 0.1) is 19.2 Å². The summed E-state index contributed by atoms with van der Waals surface area (Å²) in [6.07, 6.45) is 2.86. The molecule has 1 aliphatic carbocycles. The molecule has 0 radical (unpaired) electrons. The largest absolute Gasteiger partial charge is 0.506 e. The highest BCUT2D eigenvalue weighted by atomic mass is 35.5. The summed E-state index contributed by atoms with van der Waals surface area (Å²) in [7, 11) is 2.92. The third-order valence-corrected chi connectivity index (χ3v) is 3.42. The van der Waals surface area contributed by atoms with Crippen LogP contribution in [0.2, 0.25) is 5.02 Å². The first-order valence-electron chi connectivity index (χ1n) is 5.32. The summed E-state index contributed by atoms with van der Waals surface area (Å²) >= 11 is 6.09. The summed E-state index contributed by atoms with van der Waals surface area (Å²) < 4.78 is 10.4. The fourth-order valence-electron chi connectivity index (χ4n) is 2.00. The quantitative estimate of drug-likeness (QED) is 0.673. The summed E-state index contributed by atoms with van der Waals surface area (Å²) in [6.45, 7) is 0. The molecule has 96 valence electrons. The van der Waals surface area contributed by atoms with Gasteiger partial charge in [-0.3, -0.25) is 0 Å². The second-order valence-corrected chi connectivity index (χ2v) is 4.43. The van der Waals surface area contributed by atoms with E-state index in [0.717, 1.165) is 0 Å². The molecular weight excluding hydrogens is 258 g/mol. The molecule has 1 aliphatic rings. The molecule has 1 N–H and O–H groups in total. The predicted octanol–water partition coefficient (Wildman–Crippen LogP) is 2.39. The first-order chi connectivity index (χ1) is 8.59. The number of halogens is 1. The lowest BCUT2D eigenvalue weighted by atomic mass is 10.0. The molecule has 1 fully saturated rings. The Morgan fingerprint density at radius 2 is 2.11 bits per heavy atom. The van der Waals surface area contributed by atoms with E-state index in [1.807, 2.05) is 0 Å². The fourth-order valence-corrected chi connectivity index (χ4v) is 2.31. The molecule has 2 rings (SSSR count). The van der Waals surface area contributed by atoms with Crippen LogP contribution in [0, 0.1) is 0 Å². The van der Waals surface area contributed by atoms with Gasteiger partial charge in [-0.1, -0.05) is 11.6 Å². The number of isocyanates is 1. The maximum Gasteiger partial charge on any atom is 0.235 e. The lowest BCUT2D eigenvalue weighted by molar-refractivity contribution is 0.345. The summed E-state index contributed by atoms with van der Waals surface area (Å²) in [5, 5.41) is 9.91. The van der Waals surface area contributed by atoms with Crippen LogP contribution in [0.15, 0.2) is 11.1 Å². The molecule has 0 spiro atoms. The van der Waals surface area contributed by atoms with E-state index in [1.54, 1.807) is 6.08 Å². The summed E-state index contributed by atoms with van der Waals surface area (Å²) in [5.41, 5.74) is -0.261. The molecule has 0 aliphatic heterocycles. The molecule has 0 unspecified atom stereocenters. The summed E-state index contributed by atoms with van der Waals surface area (Å²) in [6, 6.07) is 1.37. The number of ether oxygens (including phenoxy) is 2. The number of phenols is 1. The van der Waals surface area contributed by atoms with Gasteiger partial charge in [0, 0.05) is 11.6 Å². The van der Waals surface area contributed by atoms with Gasteiger partial charge in [-0.2, -0.15) is 4.99 Å². The van der Waals surface area contributed by atoms with Crippen LogP contribution in [-0.2, 0) is 10.3 Å². The van der Waals surface area contributed by atoms with Crippen LogP contribution in [-0.4, -0.2) is 25.4 Å². The third kappa shape index (κ3) is 1.82. The number of aliphatic imine (C=N–C) groups is 1. The van der Waals surface area contributed by atoms with Crippen LogP contribution in [0.25, 0.3) is 0 Å². The second-order valence-electron chi connectivity index (χ2n) is 4.05. The number of hydrogen-bond donors (Lipinski definition) is 1. The molecule has 0 atom stereocenters. The van der Waals surface area contributed by atoms with Gasteiger partial charge in [-0.05, 0) is 12.8 Å². The van der Waals surface area contributed by atoms with Crippen molar-refractivity contribution in [3.63, 3.8) is 0 Å². The van der Waals surface area contributed by atoms with Crippen molar-refractivity contribution < 1.29 is 19.4 Å². The lowest BCUT2D eigenvalue weighted by Crippen LogP contribution is -2.07. The van der Waals surface area contributed by atoms with Crippen molar-refractivity contribution in [3.05, 3.63) is 16.7 Å². The van der Waals surface area contributed by atoms with E-state index >= 15 is 0 Å². The third-order valence-electron chi connectivity index (χ3n) is 3.04. The minimum atomic E-state index is -0.740. The number of methoxy groups -OCH3 is 2. The smallest absolute Gasteiger partial charge is 0.235 e. The van der Waals surface area contributed by atoms with E-state index in [0.29, 0.717) is 29.9 Å². The van der Waals surface area contributed by atoms with Gasteiger partial charge in [-0.15, -0.1) is 0 Å². The van der Waals surface area contributed by atoms with Gasteiger partial charge < -0.3 is 14.6 Å². The van der Waals surface area contributed by atoms with Crippen LogP contribution in [0.5, 0.6) is 17.2 Å². The van der Waals surface area contributed by atoms with Gasteiger partial charge in [0.15, 0.2) is 11.5 Å². The normalized spacial score (nSPS) is 15.7. The first-order valence-corrected chi connectivity index (χ1v) is 5.70. The van der Waals surface area contributed by atoms with Crippen molar-refractivity contribution >= 4 is 17.7 Å². The van der Waals surface area contributed by atoms with Gasteiger partial charge in [-0.25, -0.2) is 4.79 Å². The molecule has 0 bridgehead atoms. The highest BCUT2D eigenvalue weighted by Crippen LogP contribution is 2.58. The Morgan fingerprint density at radius 3 is 2.56 bits per heavy atom. The van der Waals surface area contributed by atoms with E-state index in [-0.39, 0.29) is 10.8 Å². The van der Waals surface area contributed by atoms with E-state index in [9.17, 15) is 9.90 Å². The van der Waals surface area contributed by atoms with E-state index < -0.39 is 5.54 Å². The maximum absolute atomic E-state index is 10.5. The molecule has 0 amide bonds. The zero-order chi connectivity index (χ0) is 13.3. The van der Waals surface area contributed by atoms with Gasteiger partial charge in [0.25, 0.3) is 0 Å². The topological polar surface area (TPSA) is 68.1 Å². The van der Waals surface area contributed by atoms with Gasteiger partial charge in [0.2, 0.25) is 6.08 Å². The van der Waals surface area contributed by atoms with Crippen molar-refractivity contribution in [1.82, 2.24) is 0 Å². The summed E-state index contributed by atoms with van der Waals surface area (Å²) in [4.78, 5) is 14.3. The van der Waals surface area contributed by atoms with Crippen molar-refractivity contribution in [2.24, 2.45) is 4.99 Å². The monoisotopic (exact) mass is 269 g/mol. The van der Waals surface area contributed by atoms with Gasteiger partial charge >= 0.3 is 0 Å². The molecule has 0 heterocycles. The Hall–Kier alpha value is -1.71. The minimum Gasteiger partial charge on any atom is -0.506 e. The van der Waals surface area contributed by atoms with E-state index in [4.69, 9.17) is 21.1 Å².